The first kappa shape index (κ1) is 61.2. The van der Waals surface area contributed by atoms with Gasteiger partial charge < -0.3 is 29.7 Å². The van der Waals surface area contributed by atoms with E-state index >= 15 is 0 Å². The Balaban J connectivity index is 0.000000160. The molecule has 0 spiro atoms. The van der Waals surface area contributed by atoms with E-state index in [-0.39, 0.29) is 69.3 Å². The number of fused-ring (bicyclic) bond motifs is 18. The van der Waals surface area contributed by atoms with Crippen LogP contribution in [0.1, 0.15) is 144 Å². The van der Waals surface area contributed by atoms with Crippen LogP contribution in [0.2, 0.25) is 0 Å². The van der Waals surface area contributed by atoms with Crippen molar-refractivity contribution in [2.24, 2.45) is 0 Å². The van der Waals surface area contributed by atoms with E-state index in [1.54, 1.807) is 0 Å². The predicted octanol–water partition coefficient (Wildman–Crippen LogP) is 18.7. The van der Waals surface area contributed by atoms with Crippen LogP contribution in [0.25, 0.3) is 98.1 Å². The van der Waals surface area contributed by atoms with Crippen molar-refractivity contribution in [2.75, 3.05) is 0 Å². The van der Waals surface area contributed by atoms with E-state index in [2.05, 4.69) is 103 Å². The molecule has 80 heavy (non-hydrogen) atoms. The van der Waals surface area contributed by atoms with Crippen LogP contribution < -0.4 is 0 Å². The van der Waals surface area contributed by atoms with Gasteiger partial charge in [-0.25, -0.2) is 0 Å². The van der Waals surface area contributed by atoms with E-state index in [0.717, 1.165) is 98.1 Å². The first-order valence-corrected chi connectivity index (χ1v) is 27.5. The fraction of sp³-hybridized carbons (Fsp3) is 0.290. The molecule has 0 bridgehead atoms. The van der Waals surface area contributed by atoms with Gasteiger partial charge in [0.1, 0.15) is 0 Å². The largest absolute Gasteiger partial charge is 2.00 e. The molecule has 12 aromatic rings. The number of nitrogens with zero attached hydrogens (tertiary/aromatic N) is 9. The van der Waals surface area contributed by atoms with Gasteiger partial charge in [0.2, 0.25) is 0 Å². The minimum atomic E-state index is 0. The molecule has 0 atom stereocenters. The third-order valence-electron chi connectivity index (χ3n) is 16.6. The molecule has 3 aromatic carbocycles. The minimum Gasteiger partial charge on any atom is -0.358 e. The summed E-state index contributed by atoms with van der Waals surface area (Å²) in [4.78, 5) is 42.2. The first-order chi connectivity index (χ1) is 36.7. The van der Waals surface area contributed by atoms with Crippen molar-refractivity contribution >= 4 is 98.1 Å². The van der Waals surface area contributed by atoms with Crippen LogP contribution in [-0.2, 0) is 39.6 Å². The van der Waals surface area contributed by atoms with Crippen LogP contribution >= 0.6 is 0 Å². The standard InChI is InChI=1S/3C20H17N3.C5H10.4CH3.2Os/c3*1-2-6-13(5-1)14-11-17-19-15(7-3-10-22-19)18-16(8-4-9-21-18)20(17)23-12-14;1-2-4-5-3-1;;;;;;/h3*3-4,7-13H,1-2,5-6H2;1-5H2;4*1H3;;/q;;;;4*-1;2*+2. The first-order valence-electron chi connectivity index (χ1n) is 27.5. The third kappa shape index (κ3) is 12.0. The van der Waals surface area contributed by atoms with E-state index in [0.29, 0.717) is 17.8 Å². The zero-order chi connectivity index (χ0) is 49.2. The maximum Gasteiger partial charge on any atom is 2.00 e. The van der Waals surface area contributed by atoms with E-state index in [9.17, 15) is 0 Å². The monoisotopic (exact) mass is 1410 g/mol. The van der Waals surface area contributed by atoms with Gasteiger partial charge in [-0.05, 0) is 164 Å². The molecule has 0 radical (unpaired) electrons. The summed E-state index contributed by atoms with van der Waals surface area (Å²) in [5, 5.41) is 10.1. The van der Waals surface area contributed by atoms with E-state index < -0.39 is 0 Å². The second kappa shape index (κ2) is 27.9. The maximum absolute atomic E-state index is 4.82. The van der Waals surface area contributed by atoms with Crippen molar-refractivity contribution in [3.05, 3.63) is 193 Å². The van der Waals surface area contributed by atoms with E-state index in [1.807, 2.05) is 73.6 Å². The summed E-state index contributed by atoms with van der Waals surface area (Å²) in [6.45, 7) is 0. The molecular formula is C69H73N9Os2. The van der Waals surface area contributed by atoms with Gasteiger partial charge in [0.25, 0.3) is 0 Å². The molecule has 4 aliphatic carbocycles. The number of aromatic nitrogens is 9. The van der Waals surface area contributed by atoms with Gasteiger partial charge in [0.05, 0.1) is 49.7 Å². The molecule has 4 fully saturated rings. The Morgan fingerprint density at radius 2 is 0.425 bits per heavy atom. The van der Waals surface area contributed by atoms with Crippen LogP contribution in [0.3, 0.4) is 0 Å². The number of benzene rings is 3. The maximum atomic E-state index is 4.82. The van der Waals surface area contributed by atoms with Gasteiger partial charge in [-0.3, -0.25) is 44.9 Å². The molecule has 9 aromatic heterocycles. The minimum absolute atomic E-state index is 0. The summed E-state index contributed by atoms with van der Waals surface area (Å²) in [5.41, 5.74) is 13.2. The fourth-order valence-electron chi connectivity index (χ4n) is 12.8. The van der Waals surface area contributed by atoms with Gasteiger partial charge in [0.15, 0.2) is 0 Å². The van der Waals surface area contributed by atoms with Crippen molar-refractivity contribution in [1.29, 1.82) is 0 Å². The molecule has 4 saturated carbocycles. The molecule has 0 amide bonds. The van der Waals surface area contributed by atoms with Crippen molar-refractivity contribution in [3.63, 3.8) is 0 Å². The topological polar surface area (TPSA) is 116 Å². The Hall–Kier alpha value is -6.38. The van der Waals surface area contributed by atoms with Crippen LogP contribution in [0.5, 0.6) is 0 Å². The summed E-state index contributed by atoms with van der Waals surface area (Å²) in [7, 11) is 0. The SMILES string of the molecule is C1CCCC1.[CH3-].[CH3-].[CH3-].[CH3-].[Os+2].[Os+2].c1cnc2c(c1)c1ncccc1c1ncc(C3CCCC3)cc21.c1cnc2c(c1)c1ncccc1c1ncc(C3CCCC3)cc21.c1cnc2c(c1)c1ncccc1c1ncc(C3CCCC3)cc21. The molecule has 410 valence electrons. The zero-order valence-electron chi connectivity index (χ0n) is 46.8. The second-order valence-electron chi connectivity index (χ2n) is 21.1. The van der Waals surface area contributed by atoms with Crippen LogP contribution in [0.4, 0.5) is 0 Å². The summed E-state index contributed by atoms with van der Waals surface area (Å²) >= 11 is 0. The molecule has 11 heteroatoms. The predicted molar refractivity (Wildman–Crippen MR) is 329 cm³/mol. The molecule has 0 unspecified atom stereocenters. The smallest absolute Gasteiger partial charge is 0.358 e. The van der Waals surface area contributed by atoms with Gasteiger partial charge in [-0.2, -0.15) is 0 Å². The van der Waals surface area contributed by atoms with Crippen LogP contribution in [0, 0.1) is 29.7 Å². The third-order valence-corrected chi connectivity index (χ3v) is 16.6. The quantitative estimate of drug-likeness (QED) is 0.126. The molecule has 0 saturated heterocycles. The fourth-order valence-corrected chi connectivity index (χ4v) is 12.8. The Kier molecular flexibility index (Phi) is 21.3. The zero-order valence-corrected chi connectivity index (χ0v) is 51.9. The molecule has 9 nitrogen and oxygen atoms in total. The average Bonchev–Trinajstić information content (AvgIpc) is 4.48. The van der Waals surface area contributed by atoms with Gasteiger partial charge in [-0.15, -0.1) is 0 Å². The molecule has 0 aliphatic heterocycles. The number of rotatable bonds is 3. The van der Waals surface area contributed by atoms with E-state index in [4.69, 9.17) is 15.0 Å². The van der Waals surface area contributed by atoms with Gasteiger partial charge >= 0.3 is 39.6 Å². The molecular weight excluding hydrogens is 1340 g/mol. The summed E-state index contributed by atoms with van der Waals surface area (Å²) in [6.07, 6.45) is 40.5. The molecule has 16 rings (SSSR count). The summed E-state index contributed by atoms with van der Waals surface area (Å²) in [5.74, 6) is 1.99. The molecule has 9 heterocycles. The Morgan fingerprint density at radius 3 is 0.637 bits per heavy atom. The summed E-state index contributed by atoms with van der Waals surface area (Å²) < 4.78 is 0. The van der Waals surface area contributed by atoms with Crippen molar-refractivity contribution in [1.82, 2.24) is 44.9 Å². The number of hydrogen-bond acceptors (Lipinski definition) is 9. The molecule has 0 N–H and O–H groups in total. The average molecular weight is 1410 g/mol. The normalized spacial score (nSPS) is 15.2. The number of hydrogen-bond donors (Lipinski definition) is 0. The Morgan fingerprint density at radius 1 is 0.237 bits per heavy atom. The van der Waals surface area contributed by atoms with Gasteiger partial charge in [0, 0.05) is 104 Å². The van der Waals surface area contributed by atoms with Crippen molar-refractivity contribution < 1.29 is 39.6 Å². The Labute approximate surface area is 499 Å². The van der Waals surface area contributed by atoms with Crippen LogP contribution in [-0.4, -0.2) is 44.9 Å². The van der Waals surface area contributed by atoms with Crippen LogP contribution in [0.15, 0.2) is 147 Å². The molecule has 4 aliphatic rings. The number of pyridine rings is 9. The van der Waals surface area contributed by atoms with E-state index in [1.165, 1.54) is 126 Å². The van der Waals surface area contributed by atoms with Crippen molar-refractivity contribution in [3.8, 4) is 0 Å². The summed E-state index contributed by atoms with van der Waals surface area (Å²) in [6, 6.07) is 31.5. The second-order valence-corrected chi connectivity index (χ2v) is 21.1. The Bertz CT molecular complexity index is 3500. The van der Waals surface area contributed by atoms with Gasteiger partial charge in [-0.1, -0.05) is 70.6 Å². The van der Waals surface area contributed by atoms with Crippen molar-refractivity contribution in [2.45, 2.75) is 127 Å².